The van der Waals surface area contributed by atoms with Crippen molar-refractivity contribution in [3.8, 4) is 0 Å². The topological polar surface area (TPSA) is 80.4 Å². The second kappa shape index (κ2) is 8.67. The van der Waals surface area contributed by atoms with Crippen LogP contribution in [-0.4, -0.2) is 90.9 Å². The molecule has 4 fully saturated rings. The van der Waals surface area contributed by atoms with Gasteiger partial charge in [-0.05, 0) is 0 Å². The molecule has 2 atom stereocenters. The molecule has 0 aromatic heterocycles. The lowest BCUT2D eigenvalue weighted by Crippen LogP contribution is -2.57. The van der Waals surface area contributed by atoms with Crippen LogP contribution in [0.4, 0.5) is 0 Å². The minimum absolute atomic E-state index is 0.236. The van der Waals surface area contributed by atoms with Crippen molar-refractivity contribution in [2.24, 2.45) is 16.2 Å². The van der Waals surface area contributed by atoms with E-state index in [4.69, 9.17) is 37.9 Å². The molecule has 0 aliphatic carbocycles. The van der Waals surface area contributed by atoms with Crippen LogP contribution in [0.3, 0.4) is 0 Å². The van der Waals surface area contributed by atoms with E-state index in [1.807, 2.05) is 0 Å². The number of hydrogen-bond acceptors (Lipinski definition) is 8. The minimum Gasteiger partial charge on any atom is -0.378 e. The molecule has 8 heteroatoms. The normalized spacial score (nSPS) is 37.7. The van der Waals surface area contributed by atoms with Gasteiger partial charge in [0.1, 0.15) is 12.2 Å². The fraction of sp³-hybridized carbons (Fsp3) is 1.00. The highest BCUT2D eigenvalue weighted by molar-refractivity contribution is 4.89. The summed E-state index contributed by atoms with van der Waals surface area (Å²) in [4.78, 5) is 0. The van der Waals surface area contributed by atoms with E-state index in [9.17, 15) is 0 Å². The summed E-state index contributed by atoms with van der Waals surface area (Å²) in [5.74, 6) is 0. The fourth-order valence-electron chi connectivity index (χ4n) is 3.63. The van der Waals surface area contributed by atoms with Crippen LogP contribution in [0, 0.1) is 16.2 Å². The Morgan fingerprint density at radius 2 is 1.00 bits per heavy atom. The Morgan fingerprint density at radius 1 is 0.655 bits per heavy atom. The van der Waals surface area contributed by atoms with Gasteiger partial charge in [0.15, 0.2) is 12.6 Å². The first-order valence-electron chi connectivity index (χ1n) is 10.6. The Hall–Kier alpha value is -0.320. The van der Waals surface area contributed by atoms with Gasteiger partial charge in [-0.25, -0.2) is 0 Å². The first-order chi connectivity index (χ1) is 13.8. The van der Waals surface area contributed by atoms with Gasteiger partial charge in [-0.3, -0.25) is 0 Å². The van der Waals surface area contributed by atoms with E-state index < -0.39 is 0 Å². The predicted octanol–water partition coefficient (Wildman–Crippen LogP) is 1.60. The molecule has 0 aromatic rings. The molecule has 4 saturated heterocycles. The number of hydrogen-bond donors (Lipinski definition) is 0. The average molecular weight is 417 g/mol. The lowest BCUT2D eigenvalue weighted by Gasteiger charge is -2.48. The number of ether oxygens (including phenoxy) is 8. The van der Waals surface area contributed by atoms with Crippen LogP contribution in [0.25, 0.3) is 0 Å². The van der Waals surface area contributed by atoms with Gasteiger partial charge < -0.3 is 37.9 Å². The van der Waals surface area contributed by atoms with Gasteiger partial charge in [0.05, 0.1) is 71.5 Å². The second-order valence-corrected chi connectivity index (χ2v) is 10.3. The van der Waals surface area contributed by atoms with Gasteiger partial charge >= 0.3 is 0 Å². The molecule has 0 aromatic carbocycles. The molecule has 0 bridgehead atoms. The zero-order valence-corrected chi connectivity index (χ0v) is 18.1. The van der Waals surface area contributed by atoms with Crippen molar-refractivity contribution in [3.05, 3.63) is 0 Å². The predicted molar refractivity (Wildman–Crippen MR) is 102 cm³/mol. The third-order valence-electron chi connectivity index (χ3n) is 5.80. The van der Waals surface area contributed by atoms with Crippen LogP contribution in [0.1, 0.15) is 27.7 Å². The monoisotopic (exact) mass is 416 g/mol. The zero-order chi connectivity index (χ0) is 20.5. The maximum Gasteiger partial charge on any atom is 0.164 e. The summed E-state index contributed by atoms with van der Waals surface area (Å²) in [6.07, 6.45) is -0.0761. The SMILES string of the molecule is CC(C)(COCC1CO1)C1OCC2(CO1)COC(C(C)(C)COCC1CO1)OC2. The quantitative estimate of drug-likeness (QED) is 0.497. The largest absolute Gasteiger partial charge is 0.378 e. The lowest BCUT2D eigenvalue weighted by atomic mass is 9.86. The van der Waals surface area contributed by atoms with Gasteiger partial charge in [0.25, 0.3) is 0 Å². The lowest BCUT2D eigenvalue weighted by molar-refractivity contribution is -0.338. The van der Waals surface area contributed by atoms with Crippen molar-refractivity contribution in [1.82, 2.24) is 0 Å². The van der Waals surface area contributed by atoms with Gasteiger partial charge in [0, 0.05) is 10.8 Å². The molecule has 29 heavy (non-hydrogen) atoms. The highest BCUT2D eigenvalue weighted by atomic mass is 16.7. The molecular weight excluding hydrogens is 380 g/mol. The first kappa shape index (κ1) is 21.9. The molecule has 0 radical (unpaired) electrons. The van der Waals surface area contributed by atoms with Gasteiger partial charge in [0.2, 0.25) is 0 Å². The molecule has 0 amide bonds. The number of epoxide rings is 2. The van der Waals surface area contributed by atoms with Crippen molar-refractivity contribution in [3.63, 3.8) is 0 Å². The Kier molecular flexibility index (Phi) is 6.54. The van der Waals surface area contributed by atoms with Crippen LogP contribution in [0.2, 0.25) is 0 Å². The molecule has 2 unspecified atom stereocenters. The molecule has 4 heterocycles. The van der Waals surface area contributed by atoms with Crippen molar-refractivity contribution in [2.45, 2.75) is 52.5 Å². The molecule has 4 rings (SSSR count). The molecule has 8 nitrogen and oxygen atoms in total. The van der Waals surface area contributed by atoms with E-state index in [1.165, 1.54) is 0 Å². The Balaban J connectivity index is 1.19. The Morgan fingerprint density at radius 3 is 1.31 bits per heavy atom. The van der Waals surface area contributed by atoms with E-state index in [-0.39, 0.29) is 41.0 Å². The minimum atomic E-state index is -0.305. The molecule has 0 N–H and O–H groups in total. The second-order valence-electron chi connectivity index (χ2n) is 10.3. The summed E-state index contributed by atoms with van der Waals surface area (Å²) in [6, 6.07) is 0. The molecular formula is C21H36O8. The first-order valence-corrected chi connectivity index (χ1v) is 10.6. The van der Waals surface area contributed by atoms with E-state index in [2.05, 4.69) is 27.7 Å². The highest BCUT2D eigenvalue weighted by Gasteiger charge is 2.48. The van der Waals surface area contributed by atoms with Crippen molar-refractivity contribution in [2.75, 3.05) is 66.1 Å². The zero-order valence-electron chi connectivity index (χ0n) is 18.1. The van der Waals surface area contributed by atoms with Crippen LogP contribution in [0.5, 0.6) is 0 Å². The molecule has 168 valence electrons. The molecule has 0 saturated carbocycles. The van der Waals surface area contributed by atoms with Crippen LogP contribution >= 0.6 is 0 Å². The smallest absolute Gasteiger partial charge is 0.164 e. The summed E-state index contributed by atoms with van der Waals surface area (Å²) in [7, 11) is 0. The van der Waals surface area contributed by atoms with E-state index >= 15 is 0 Å². The van der Waals surface area contributed by atoms with E-state index in [1.54, 1.807) is 0 Å². The standard InChI is InChI=1S/C21H36O8/c1-19(2,9-22-5-15-7-24-15)17-26-11-21(12-27-17)13-28-18(29-14-21)20(3,4)10-23-6-16-8-25-16/h15-18H,5-14H2,1-4H3. The maximum atomic E-state index is 6.10. The maximum absolute atomic E-state index is 6.10. The molecule has 4 aliphatic heterocycles. The Bertz CT molecular complexity index is 475. The number of rotatable bonds is 10. The van der Waals surface area contributed by atoms with Gasteiger partial charge in [-0.1, -0.05) is 27.7 Å². The summed E-state index contributed by atoms with van der Waals surface area (Å²) < 4.78 is 46.3. The van der Waals surface area contributed by atoms with Crippen LogP contribution < -0.4 is 0 Å². The summed E-state index contributed by atoms with van der Waals surface area (Å²) in [5, 5.41) is 0. The summed E-state index contributed by atoms with van der Waals surface area (Å²) >= 11 is 0. The third kappa shape index (κ3) is 5.89. The van der Waals surface area contributed by atoms with Crippen molar-refractivity contribution >= 4 is 0 Å². The average Bonchev–Trinajstić information content (AvgIpc) is 3.58. The van der Waals surface area contributed by atoms with Crippen LogP contribution in [0.15, 0.2) is 0 Å². The summed E-state index contributed by atoms with van der Waals surface area (Å²) in [6.45, 7) is 14.6. The fourth-order valence-corrected chi connectivity index (χ4v) is 3.63. The van der Waals surface area contributed by atoms with E-state index in [0.717, 1.165) is 13.2 Å². The van der Waals surface area contributed by atoms with Crippen molar-refractivity contribution in [1.29, 1.82) is 0 Å². The third-order valence-corrected chi connectivity index (χ3v) is 5.80. The Labute approximate surface area is 173 Å². The molecule has 1 spiro atoms. The van der Waals surface area contributed by atoms with Crippen LogP contribution in [-0.2, 0) is 37.9 Å². The van der Waals surface area contributed by atoms with Gasteiger partial charge in [-0.2, -0.15) is 0 Å². The van der Waals surface area contributed by atoms with E-state index in [0.29, 0.717) is 52.9 Å². The van der Waals surface area contributed by atoms with Crippen molar-refractivity contribution < 1.29 is 37.9 Å². The molecule has 4 aliphatic rings. The summed E-state index contributed by atoms with van der Waals surface area (Å²) in [5.41, 5.74) is -0.732. The highest BCUT2D eigenvalue weighted by Crippen LogP contribution is 2.38. The van der Waals surface area contributed by atoms with Gasteiger partial charge in [-0.15, -0.1) is 0 Å².